The van der Waals surface area contributed by atoms with Gasteiger partial charge in [0.15, 0.2) is 17.4 Å². The van der Waals surface area contributed by atoms with Crippen molar-refractivity contribution in [1.82, 2.24) is 0 Å². The number of rotatable bonds is 3. The number of amides is 1. The van der Waals surface area contributed by atoms with Crippen LogP contribution in [-0.4, -0.2) is 13.0 Å². The number of nitriles is 1. The summed E-state index contributed by atoms with van der Waals surface area (Å²) >= 11 is 0. The monoisotopic (exact) mass is 226 g/mol. The van der Waals surface area contributed by atoms with Crippen LogP contribution >= 0.6 is 0 Å². The summed E-state index contributed by atoms with van der Waals surface area (Å²) < 4.78 is 30.9. The van der Waals surface area contributed by atoms with Crippen molar-refractivity contribution in [3.05, 3.63) is 23.8 Å². The Bertz CT molecular complexity index is 455. The van der Waals surface area contributed by atoms with Crippen molar-refractivity contribution in [2.24, 2.45) is 0 Å². The summed E-state index contributed by atoms with van der Waals surface area (Å²) in [6.45, 7) is 0. The van der Waals surface area contributed by atoms with Gasteiger partial charge in [0.25, 0.3) is 0 Å². The van der Waals surface area contributed by atoms with Gasteiger partial charge in [-0.15, -0.1) is 0 Å². The molecule has 0 bridgehead atoms. The van der Waals surface area contributed by atoms with Crippen LogP contribution in [0.1, 0.15) is 6.42 Å². The van der Waals surface area contributed by atoms with Crippen LogP contribution in [0, 0.1) is 23.0 Å². The van der Waals surface area contributed by atoms with Crippen molar-refractivity contribution >= 4 is 11.6 Å². The van der Waals surface area contributed by atoms with Crippen molar-refractivity contribution < 1.29 is 18.3 Å². The van der Waals surface area contributed by atoms with Gasteiger partial charge in [0.2, 0.25) is 5.91 Å². The van der Waals surface area contributed by atoms with E-state index in [2.05, 4.69) is 10.1 Å². The van der Waals surface area contributed by atoms with Crippen LogP contribution in [0.25, 0.3) is 0 Å². The van der Waals surface area contributed by atoms with E-state index in [4.69, 9.17) is 5.26 Å². The molecule has 4 nitrogen and oxygen atoms in total. The number of anilines is 1. The molecule has 0 aliphatic carbocycles. The normalized spacial score (nSPS) is 9.38. The molecule has 1 aromatic carbocycles. The number of carbonyl (C=O) groups is 1. The van der Waals surface area contributed by atoms with Gasteiger partial charge in [-0.2, -0.15) is 5.26 Å². The number of methoxy groups -OCH3 is 1. The van der Waals surface area contributed by atoms with Crippen LogP contribution in [0.5, 0.6) is 5.75 Å². The second kappa shape index (κ2) is 5.07. The molecule has 1 N–H and O–H groups in total. The molecule has 6 heteroatoms. The third kappa shape index (κ3) is 2.45. The molecular formula is C10H8F2N2O2. The molecule has 0 saturated heterocycles. The molecule has 1 rings (SSSR count). The first-order valence-corrected chi connectivity index (χ1v) is 4.29. The SMILES string of the molecule is COc1c(F)ccc(NC(=O)CC#N)c1F. The van der Waals surface area contributed by atoms with Gasteiger partial charge in [-0.05, 0) is 12.1 Å². The molecule has 1 aromatic rings. The van der Waals surface area contributed by atoms with E-state index in [1.807, 2.05) is 0 Å². The zero-order valence-electron chi connectivity index (χ0n) is 8.38. The fourth-order valence-electron chi connectivity index (χ4n) is 1.08. The van der Waals surface area contributed by atoms with Gasteiger partial charge in [-0.1, -0.05) is 0 Å². The minimum absolute atomic E-state index is 0.224. The zero-order chi connectivity index (χ0) is 12.1. The van der Waals surface area contributed by atoms with Gasteiger partial charge in [0.1, 0.15) is 6.42 Å². The van der Waals surface area contributed by atoms with E-state index in [9.17, 15) is 13.6 Å². The third-order valence-electron chi connectivity index (χ3n) is 1.77. The average molecular weight is 226 g/mol. The first-order valence-electron chi connectivity index (χ1n) is 4.29. The standard InChI is InChI=1S/C10H8F2N2O2/c1-16-10-6(11)2-3-7(9(10)12)14-8(15)4-5-13/h2-3H,4H2,1H3,(H,14,15). The molecule has 0 saturated carbocycles. The van der Waals surface area contributed by atoms with Gasteiger partial charge in [-0.25, -0.2) is 8.78 Å². The quantitative estimate of drug-likeness (QED) is 0.855. The van der Waals surface area contributed by atoms with Gasteiger partial charge in [-0.3, -0.25) is 4.79 Å². The number of carbonyl (C=O) groups excluding carboxylic acids is 1. The van der Waals surface area contributed by atoms with Gasteiger partial charge >= 0.3 is 0 Å². The van der Waals surface area contributed by atoms with Crippen LogP contribution in [0.4, 0.5) is 14.5 Å². The Labute approximate surface area is 90.4 Å². The maximum absolute atomic E-state index is 13.5. The van der Waals surface area contributed by atoms with Crippen LogP contribution in [0.3, 0.4) is 0 Å². The molecule has 84 valence electrons. The predicted molar refractivity (Wildman–Crippen MR) is 51.8 cm³/mol. The molecule has 0 aliphatic rings. The van der Waals surface area contributed by atoms with E-state index < -0.39 is 29.7 Å². The molecule has 16 heavy (non-hydrogen) atoms. The molecular weight excluding hydrogens is 218 g/mol. The summed E-state index contributed by atoms with van der Waals surface area (Å²) in [5.41, 5.74) is -0.224. The van der Waals surface area contributed by atoms with Crippen LogP contribution in [0.2, 0.25) is 0 Å². The number of halogens is 2. The number of nitrogens with one attached hydrogen (secondary N) is 1. The lowest BCUT2D eigenvalue weighted by atomic mass is 10.2. The lowest BCUT2D eigenvalue weighted by molar-refractivity contribution is -0.115. The Morgan fingerprint density at radius 2 is 2.25 bits per heavy atom. The smallest absolute Gasteiger partial charge is 0.238 e. The molecule has 0 spiro atoms. The van der Waals surface area contributed by atoms with Gasteiger partial charge in [0.05, 0.1) is 18.9 Å². The van der Waals surface area contributed by atoms with Crippen molar-refractivity contribution in [2.75, 3.05) is 12.4 Å². The average Bonchev–Trinajstić information content (AvgIpc) is 2.23. The summed E-state index contributed by atoms with van der Waals surface area (Å²) in [7, 11) is 1.11. The summed E-state index contributed by atoms with van der Waals surface area (Å²) in [4.78, 5) is 11.0. The van der Waals surface area contributed by atoms with E-state index in [0.717, 1.165) is 19.2 Å². The Morgan fingerprint density at radius 3 is 2.81 bits per heavy atom. The van der Waals surface area contributed by atoms with Crippen LogP contribution in [-0.2, 0) is 4.79 Å². The fraction of sp³-hybridized carbons (Fsp3) is 0.200. The van der Waals surface area contributed by atoms with Crippen molar-refractivity contribution in [2.45, 2.75) is 6.42 Å². The second-order valence-corrected chi connectivity index (χ2v) is 2.83. The summed E-state index contributed by atoms with van der Waals surface area (Å²) in [6.07, 6.45) is -0.404. The molecule has 0 aliphatic heterocycles. The van der Waals surface area contributed by atoms with E-state index >= 15 is 0 Å². The molecule has 0 radical (unpaired) electrons. The summed E-state index contributed by atoms with van der Waals surface area (Å²) in [5.74, 6) is -3.11. The number of ether oxygens (including phenoxy) is 1. The first kappa shape index (κ1) is 11.9. The topological polar surface area (TPSA) is 62.1 Å². The third-order valence-corrected chi connectivity index (χ3v) is 1.77. The van der Waals surface area contributed by atoms with Crippen LogP contribution < -0.4 is 10.1 Å². The molecule has 0 fully saturated rings. The summed E-state index contributed by atoms with van der Waals surface area (Å²) in [6, 6.07) is 3.63. The van der Waals surface area contributed by atoms with Crippen molar-refractivity contribution in [1.29, 1.82) is 5.26 Å². The zero-order valence-corrected chi connectivity index (χ0v) is 8.38. The number of hydrogen-bond donors (Lipinski definition) is 1. The molecule has 0 aromatic heterocycles. The second-order valence-electron chi connectivity index (χ2n) is 2.83. The van der Waals surface area contributed by atoms with E-state index in [-0.39, 0.29) is 5.69 Å². The lowest BCUT2D eigenvalue weighted by Crippen LogP contribution is -2.12. The molecule has 1 amide bonds. The Kier molecular flexibility index (Phi) is 3.78. The Balaban J connectivity index is 2.99. The van der Waals surface area contributed by atoms with Crippen molar-refractivity contribution in [3.63, 3.8) is 0 Å². The number of nitrogens with zero attached hydrogens (tertiary/aromatic N) is 1. The highest BCUT2D eigenvalue weighted by Gasteiger charge is 2.15. The fourth-order valence-corrected chi connectivity index (χ4v) is 1.08. The lowest BCUT2D eigenvalue weighted by Gasteiger charge is -2.08. The maximum atomic E-state index is 13.5. The maximum Gasteiger partial charge on any atom is 0.238 e. The molecule has 0 atom stereocenters. The Hall–Kier alpha value is -2.16. The van der Waals surface area contributed by atoms with E-state index in [1.165, 1.54) is 0 Å². The van der Waals surface area contributed by atoms with E-state index in [0.29, 0.717) is 0 Å². The van der Waals surface area contributed by atoms with Gasteiger partial charge < -0.3 is 10.1 Å². The minimum Gasteiger partial charge on any atom is -0.491 e. The minimum atomic E-state index is -1.01. The van der Waals surface area contributed by atoms with Gasteiger partial charge in [0, 0.05) is 0 Å². The van der Waals surface area contributed by atoms with Crippen molar-refractivity contribution in [3.8, 4) is 11.8 Å². The summed E-state index contributed by atoms with van der Waals surface area (Å²) in [5, 5.41) is 10.4. The molecule has 0 unspecified atom stereocenters. The first-order chi connectivity index (χ1) is 7.60. The number of benzene rings is 1. The Morgan fingerprint density at radius 1 is 1.56 bits per heavy atom. The highest BCUT2D eigenvalue weighted by molar-refractivity contribution is 5.92. The van der Waals surface area contributed by atoms with Crippen LogP contribution in [0.15, 0.2) is 12.1 Å². The van der Waals surface area contributed by atoms with E-state index in [1.54, 1.807) is 6.07 Å². The largest absolute Gasteiger partial charge is 0.491 e. The molecule has 0 heterocycles. The highest BCUT2D eigenvalue weighted by Crippen LogP contribution is 2.27. The predicted octanol–water partition coefficient (Wildman–Crippen LogP) is 1.83. The number of hydrogen-bond acceptors (Lipinski definition) is 3. The highest BCUT2D eigenvalue weighted by atomic mass is 19.1.